The van der Waals surface area contributed by atoms with Crippen molar-refractivity contribution in [1.29, 1.82) is 0 Å². The monoisotopic (exact) mass is 662 g/mol. The highest BCUT2D eigenvalue weighted by atomic mass is 32.2. The number of hydrogen-bond donors (Lipinski definition) is 1. The van der Waals surface area contributed by atoms with E-state index in [9.17, 15) is 9.00 Å². The van der Waals surface area contributed by atoms with E-state index in [1.807, 2.05) is 17.5 Å². The van der Waals surface area contributed by atoms with E-state index < -0.39 is 16.8 Å². The summed E-state index contributed by atoms with van der Waals surface area (Å²) in [6.45, 7) is 11.8. The quantitative estimate of drug-likeness (QED) is 0.122. The van der Waals surface area contributed by atoms with Gasteiger partial charge in [0, 0.05) is 47.1 Å². The molecule has 10 heteroatoms. The van der Waals surface area contributed by atoms with Crippen LogP contribution in [0.5, 0.6) is 0 Å². The molecule has 1 unspecified atom stereocenters. The highest BCUT2D eigenvalue weighted by molar-refractivity contribution is 7.87. The van der Waals surface area contributed by atoms with Gasteiger partial charge < -0.3 is 10.5 Å². The second kappa shape index (κ2) is 20.5. The number of pyridine rings is 1. The number of rotatable bonds is 7. The number of nitrogens with zero attached hydrogens (tertiary/aromatic N) is 3. The lowest BCUT2D eigenvalue weighted by Crippen LogP contribution is -2.01. The van der Waals surface area contributed by atoms with Gasteiger partial charge in [-0.15, -0.1) is 22.7 Å². The molecule has 1 atom stereocenters. The molecule has 1 aromatic carbocycles. The van der Waals surface area contributed by atoms with Gasteiger partial charge in [-0.2, -0.15) is 0 Å². The van der Waals surface area contributed by atoms with Gasteiger partial charge in [0.15, 0.2) is 0 Å². The van der Waals surface area contributed by atoms with Gasteiger partial charge in [0.1, 0.15) is 19.7 Å². The minimum absolute atomic E-state index is 0.410. The zero-order valence-corrected chi connectivity index (χ0v) is 28.1. The Hall–Kier alpha value is -5.41. The van der Waals surface area contributed by atoms with Crippen LogP contribution in [0.2, 0.25) is 0 Å². The zero-order chi connectivity index (χ0) is 33.7. The Morgan fingerprint density at radius 3 is 2.35 bits per heavy atom. The minimum atomic E-state index is -1.18. The molecule has 46 heavy (non-hydrogen) atoms. The second-order valence-corrected chi connectivity index (χ2v) is 12.1. The van der Waals surface area contributed by atoms with Crippen LogP contribution >= 0.6 is 22.7 Å². The van der Waals surface area contributed by atoms with E-state index >= 15 is 0 Å². The van der Waals surface area contributed by atoms with Crippen molar-refractivity contribution in [1.82, 2.24) is 9.97 Å². The van der Waals surface area contributed by atoms with Crippen LogP contribution < -0.4 is 5.73 Å². The highest BCUT2D eigenvalue weighted by Crippen LogP contribution is 2.43. The van der Waals surface area contributed by atoms with E-state index in [1.165, 1.54) is 29.8 Å². The fourth-order valence-corrected chi connectivity index (χ4v) is 6.93. The first kappa shape index (κ1) is 36.8. The molecule has 3 heterocycles. The van der Waals surface area contributed by atoms with Gasteiger partial charge >= 0.3 is 5.97 Å². The number of fused-ring (bicyclic) bond motifs is 1. The Labute approximate surface area is 279 Å². The molecular weight excluding hydrogens is 633 g/mol. The SMILES string of the molecule is C=C=C=C=C=C=C.C=C=C=C=C=C=NC.CCCCS(=O)c1sc2nc(-c3nccs3)cc(-c3cccc(C(=O)OC)c3)c2c1N. The van der Waals surface area contributed by atoms with Gasteiger partial charge in [0.05, 0.1) is 29.2 Å². The van der Waals surface area contributed by atoms with Gasteiger partial charge in [-0.1, -0.05) is 42.7 Å². The lowest BCUT2D eigenvalue weighted by atomic mass is 10.00. The Morgan fingerprint density at radius 2 is 1.76 bits per heavy atom. The fourth-order valence-electron chi connectivity index (χ4n) is 3.54. The molecule has 230 valence electrons. The molecule has 0 aliphatic rings. The number of aromatic nitrogens is 2. The number of aliphatic imine (C=N–C) groups is 1. The number of ether oxygens (including phenoxy) is 1. The number of anilines is 1. The van der Waals surface area contributed by atoms with Crippen LogP contribution in [-0.4, -0.2) is 45.9 Å². The smallest absolute Gasteiger partial charge is 0.337 e. The standard InChI is InChI=1S/C22H21N3O3S3.C7H5N.C7H4/c1-3-4-10-31(27)22-18(23)17-15(13-6-5-7-14(11-13)21(26)28-2)12-16(25-20(17)30-22)19-24-8-9-29-19;1-3-4-5-6-7-8-2;1-3-5-7-6-4-2/h5-9,11-12H,3-4,10,23H2,1-2H3;1H2,2H3;1-2H2. The van der Waals surface area contributed by atoms with Crippen LogP contribution in [0, 0.1) is 0 Å². The van der Waals surface area contributed by atoms with Crippen molar-refractivity contribution in [2.75, 3.05) is 25.6 Å². The molecule has 0 bridgehead atoms. The molecule has 4 aromatic rings. The zero-order valence-electron chi connectivity index (χ0n) is 25.7. The number of carbonyl (C=O) groups excluding carboxylic acids is 1. The summed E-state index contributed by atoms with van der Waals surface area (Å²) < 4.78 is 18.4. The van der Waals surface area contributed by atoms with E-state index in [0.29, 0.717) is 31.7 Å². The number of nitrogen functional groups attached to an aromatic ring is 1. The van der Waals surface area contributed by atoms with E-state index in [4.69, 9.17) is 15.5 Å². The van der Waals surface area contributed by atoms with Crippen LogP contribution in [0.3, 0.4) is 0 Å². The molecule has 0 fully saturated rings. The largest absolute Gasteiger partial charge is 0.465 e. The van der Waals surface area contributed by atoms with Crippen molar-refractivity contribution >= 4 is 61.2 Å². The molecule has 0 aliphatic carbocycles. The average Bonchev–Trinajstić information content (AvgIpc) is 3.74. The summed E-state index contributed by atoms with van der Waals surface area (Å²) in [5.74, 6) is 2.58. The Balaban J connectivity index is 0.000000408. The summed E-state index contributed by atoms with van der Waals surface area (Å²) in [5, 5.41) is 3.44. The van der Waals surface area contributed by atoms with E-state index in [1.54, 1.807) is 31.4 Å². The maximum Gasteiger partial charge on any atom is 0.337 e. The highest BCUT2D eigenvalue weighted by Gasteiger charge is 2.21. The average molecular weight is 663 g/mol. The molecule has 0 saturated heterocycles. The molecular formula is C36H30N4O3S3. The Morgan fingerprint density at radius 1 is 1.07 bits per heavy atom. The predicted octanol–water partition coefficient (Wildman–Crippen LogP) is 8.03. The number of hydrogen-bond acceptors (Lipinski definition) is 9. The first-order valence-corrected chi connectivity index (χ1v) is 16.5. The number of thiophene rings is 1. The number of unbranched alkanes of at least 4 members (excludes halogenated alkanes) is 1. The van der Waals surface area contributed by atoms with E-state index in [0.717, 1.165) is 34.4 Å². The molecule has 3 aromatic heterocycles. The number of benzene rings is 1. The van der Waals surface area contributed by atoms with Crippen molar-refractivity contribution in [3.8, 4) is 21.8 Å². The van der Waals surface area contributed by atoms with Crippen LogP contribution in [0.15, 0.2) is 122 Å². The number of esters is 1. The molecule has 2 N–H and O–H groups in total. The van der Waals surface area contributed by atoms with Crippen molar-refractivity contribution in [2.24, 2.45) is 4.99 Å². The molecule has 0 radical (unpaired) electrons. The Kier molecular flexibility index (Phi) is 16.4. The molecule has 0 aliphatic heterocycles. The van der Waals surface area contributed by atoms with Gasteiger partial charge in [-0.05, 0) is 78.4 Å². The Bertz CT molecular complexity index is 2080. The molecule has 0 amide bonds. The second-order valence-electron chi connectivity index (χ2n) is 8.47. The fraction of sp³-hybridized carbons (Fsp3) is 0.167. The van der Waals surface area contributed by atoms with Crippen LogP contribution in [0.1, 0.15) is 30.1 Å². The summed E-state index contributed by atoms with van der Waals surface area (Å²) in [7, 11) is 1.78. The number of nitrogens with two attached hydrogens (primary N) is 1. The van der Waals surface area contributed by atoms with Gasteiger partial charge in [-0.25, -0.2) is 19.8 Å². The predicted molar refractivity (Wildman–Crippen MR) is 190 cm³/mol. The van der Waals surface area contributed by atoms with Crippen molar-refractivity contribution in [3.63, 3.8) is 0 Å². The van der Waals surface area contributed by atoms with Crippen LogP contribution in [0.25, 0.3) is 32.0 Å². The van der Waals surface area contributed by atoms with E-state index in [2.05, 4.69) is 94.1 Å². The first-order valence-electron chi connectivity index (χ1n) is 13.5. The summed E-state index contributed by atoms with van der Waals surface area (Å²) >= 11 is 2.86. The lowest BCUT2D eigenvalue weighted by molar-refractivity contribution is 0.0600. The van der Waals surface area contributed by atoms with Gasteiger partial charge in [-0.3, -0.25) is 4.21 Å². The number of carbonyl (C=O) groups is 1. The minimum Gasteiger partial charge on any atom is -0.465 e. The third-order valence-corrected chi connectivity index (χ3v) is 9.27. The maximum atomic E-state index is 12.9. The topological polar surface area (TPSA) is 108 Å². The van der Waals surface area contributed by atoms with Crippen molar-refractivity contribution < 1.29 is 13.7 Å². The third-order valence-electron chi connectivity index (χ3n) is 5.48. The summed E-state index contributed by atoms with van der Waals surface area (Å²) in [6, 6.07) is 9.13. The number of methoxy groups -OCH3 is 1. The maximum absolute atomic E-state index is 12.9. The molecule has 4 rings (SSSR count). The van der Waals surface area contributed by atoms with Gasteiger partial charge in [0.25, 0.3) is 0 Å². The van der Waals surface area contributed by atoms with Crippen LogP contribution in [0.4, 0.5) is 5.69 Å². The summed E-state index contributed by atoms with van der Waals surface area (Å²) in [4.78, 5) is 25.4. The molecule has 0 saturated carbocycles. The lowest BCUT2D eigenvalue weighted by Gasteiger charge is -2.09. The van der Waals surface area contributed by atoms with Gasteiger partial charge in [0.2, 0.25) is 0 Å². The van der Waals surface area contributed by atoms with Crippen LogP contribution in [-0.2, 0) is 15.5 Å². The summed E-state index contributed by atoms with van der Waals surface area (Å²) in [5.41, 5.74) is 31.5. The molecule has 0 spiro atoms. The first-order chi connectivity index (χ1) is 22.4. The van der Waals surface area contributed by atoms with Crippen molar-refractivity contribution in [2.45, 2.75) is 24.0 Å². The number of thiazole rings is 1. The van der Waals surface area contributed by atoms with Crippen molar-refractivity contribution in [3.05, 3.63) is 119 Å². The normalized spacial score (nSPS) is 9.46. The summed E-state index contributed by atoms with van der Waals surface area (Å²) in [6.07, 6.45) is 3.57. The molecule has 7 nitrogen and oxygen atoms in total. The van der Waals surface area contributed by atoms with E-state index in [-0.39, 0.29) is 0 Å². The third kappa shape index (κ3) is 10.9.